The molecule has 5 unspecified atom stereocenters. The number of carbonyl (C=O) groups is 4. The van der Waals surface area contributed by atoms with E-state index >= 15 is 0 Å². The first-order valence-electron chi connectivity index (χ1n) is 37.8. The quantitative estimate of drug-likeness (QED) is 0.0169. The Morgan fingerprint density at radius 1 is 0.302 bits per heavy atom. The Bertz CT molecular complexity index is 2160. The third-order valence-electron chi connectivity index (χ3n) is 15.9. The average Bonchev–Trinajstić information content (AvgIpc) is 1.11. The van der Waals surface area contributed by atoms with Crippen LogP contribution >= 0.6 is 15.6 Å². The van der Waals surface area contributed by atoms with Gasteiger partial charge in [-0.2, -0.15) is 0 Å². The number of carbonyl (C=O) groups excluding carboxylic acids is 4. The maximum absolute atomic E-state index is 13.0. The van der Waals surface area contributed by atoms with Crippen LogP contribution < -0.4 is 0 Å². The molecule has 0 aromatic heterocycles. The summed E-state index contributed by atoms with van der Waals surface area (Å²) in [5.74, 6) is -2.26. The summed E-state index contributed by atoms with van der Waals surface area (Å²) in [6.45, 7) is 4.67. The van der Waals surface area contributed by atoms with Crippen molar-refractivity contribution >= 4 is 39.5 Å². The lowest BCUT2D eigenvalue weighted by molar-refractivity contribution is -0.161. The molecule has 0 radical (unpaired) electrons. The van der Waals surface area contributed by atoms with E-state index in [9.17, 15) is 43.2 Å². The Hall–Kier alpha value is -3.76. The van der Waals surface area contributed by atoms with Crippen molar-refractivity contribution < 1.29 is 80.2 Å². The van der Waals surface area contributed by atoms with Crippen molar-refractivity contribution in [3.63, 3.8) is 0 Å². The first kappa shape index (κ1) is 92.2. The fraction of sp³-hybridized carbons (Fsp3) is 0.766. The monoisotopic (exact) mass is 1390 g/mol. The van der Waals surface area contributed by atoms with Crippen LogP contribution in [0.2, 0.25) is 0 Å². The molecule has 0 aliphatic rings. The number of rotatable bonds is 71. The SMILES string of the molecule is CC/C=C\C/C=C\C/C=C\C/C=C\C/C=C\C/C=C\CCC(=O)OCC(COP(=O)(O)OCC(O)COP(=O)(O)OCC(COC(=O)CCCCCCC/C=C\CCCCCC)OC(=O)CCCCCCCCCCCCCCC)OC(=O)CCCCCCCCCCCCC. The van der Waals surface area contributed by atoms with Crippen molar-refractivity contribution in [2.24, 2.45) is 0 Å². The number of phosphoric ester groups is 2. The van der Waals surface area contributed by atoms with E-state index in [1.54, 1.807) is 0 Å². The lowest BCUT2D eigenvalue weighted by atomic mass is 10.0. The van der Waals surface area contributed by atoms with Gasteiger partial charge in [0.2, 0.25) is 0 Å². The van der Waals surface area contributed by atoms with Crippen LogP contribution in [0.15, 0.2) is 85.1 Å². The van der Waals surface area contributed by atoms with Crippen molar-refractivity contribution in [3.8, 4) is 0 Å². The Kier molecular flexibility index (Phi) is 67.0. The third kappa shape index (κ3) is 68.8. The van der Waals surface area contributed by atoms with E-state index in [0.29, 0.717) is 32.1 Å². The van der Waals surface area contributed by atoms with E-state index in [1.807, 2.05) is 18.2 Å². The molecule has 0 aromatic rings. The number of phosphoric acid groups is 2. The van der Waals surface area contributed by atoms with E-state index in [1.165, 1.54) is 116 Å². The molecular formula is C77H136O17P2. The molecule has 0 amide bonds. The van der Waals surface area contributed by atoms with Crippen molar-refractivity contribution in [1.82, 2.24) is 0 Å². The van der Waals surface area contributed by atoms with Gasteiger partial charge in [0.25, 0.3) is 0 Å². The van der Waals surface area contributed by atoms with Gasteiger partial charge in [0, 0.05) is 25.7 Å². The summed E-state index contributed by atoms with van der Waals surface area (Å²) in [4.78, 5) is 72.7. The third-order valence-corrected chi connectivity index (χ3v) is 17.8. The number of hydrogen-bond donors (Lipinski definition) is 3. The molecule has 0 aromatic carbocycles. The van der Waals surface area contributed by atoms with Gasteiger partial charge >= 0.3 is 39.5 Å². The van der Waals surface area contributed by atoms with Crippen molar-refractivity contribution in [2.45, 2.75) is 341 Å². The molecule has 0 rings (SSSR count). The molecule has 556 valence electrons. The number of aliphatic hydroxyl groups excluding tert-OH is 1. The standard InChI is InChI=1S/C77H136O17P2/c1-5-9-13-17-21-25-29-32-33-34-35-36-37-40-43-46-50-54-58-62-75(80)88-67-72(93-76(81)63-59-55-51-47-41-28-24-20-16-12-8-4)69-91-95(83,84)89-65-71(78)66-90-96(85,86)92-70-73(94-77(82)64-60-56-52-48-44-39-31-27-23-19-15-11-7-3)68-87-74(79)61-57-53-49-45-42-38-30-26-22-18-14-10-6-2/h9,13,21,25-26,30,32-33,35-36,40,43,50,54,71-73,78H,5-8,10-12,14-20,22-24,27-29,31,34,37-39,41-42,44-49,51-53,55-70H2,1-4H3,(H,83,84)(H,85,86)/b13-9-,25-21-,30-26-,33-32-,36-35-,43-40-,54-50-. The summed E-state index contributed by atoms with van der Waals surface area (Å²) in [6.07, 6.45) is 70.2. The highest BCUT2D eigenvalue weighted by Gasteiger charge is 2.30. The highest BCUT2D eigenvalue weighted by Crippen LogP contribution is 2.45. The molecule has 3 N–H and O–H groups in total. The molecule has 17 nitrogen and oxygen atoms in total. The van der Waals surface area contributed by atoms with Crippen LogP contribution in [0.25, 0.3) is 0 Å². The molecule has 5 atom stereocenters. The first-order valence-corrected chi connectivity index (χ1v) is 40.8. The minimum atomic E-state index is -4.98. The van der Waals surface area contributed by atoms with Crippen molar-refractivity contribution in [2.75, 3.05) is 39.6 Å². The number of hydrogen-bond acceptors (Lipinski definition) is 15. The Labute approximate surface area is 583 Å². The van der Waals surface area contributed by atoms with Gasteiger partial charge in [-0.15, -0.1) is 0 Å². The van der Waals surface area contributed by atoms with Crippen LogP contribution in [0, 0.1) is 0 Å². The normalized spacial score (nSPS) is 14.4. The molecule has 0 heterocycles. The Balaban J connectivity index is 5.35. The molecule has 0 aliphatic carbocycles. The summed E-state index contributed by atoms with van der Waals surface area (Å²) in [7, 11) is -9.95. The van der Waals surface area contributed by atoms with Gasteiger partial charge < -0.3 is 33.8 Å². The van der Waals surface area contributed by atoms with Gasteiger partial charge in [-0.3, -0.25) is 37.3 Å². The van der Waals surface area contributed by atoms with E-state index in [-0.39, 0.29) is 25.7 Å². The minimum Gasteiger partial charge on any atom is -0.462 e. The second-order valence-electron chi connectivity index (χ2n) is 25.2. The highest BCUT2D eigenvalue weighted by molar-refractivity contribution is 7.47. The second-order valence-corrected chi connectivity index (χ2v) is 28.1. The lowest BCUT2D eigenvalue weighted by Gasteiger charge is -2.21. The topological polar surface area (TPSA) is 237 Å². The van der Waals surface area contributed by atoms with E-state index < -0.39 is 97.5 Å². The lowest BCUT2D eigenvalue weighted by Crippen LogP contribution is -2.30. The van der Waals surface area contributed by atoms with Crippen LogP contribution in [0.3, 0.4) is 0 Å². The van der Waals surface area contributed by atoms with Gasteiger partial charge in [-0.25, -0.2) is 9.13 Å². The zero-order chi connectivity index (χ0) is 70.4. The van der Waals surface area contributed by atoms with Crippen molar-refractivity contribution in [1.29, 1.82) is 0 Å². The molecular weight excluding hydrogens is 1260 g/mol. The first-order chi connectivity index (χ1) is 46.7. The van der Waals surface area contributed by atoms with Crippen LogP contribution in [-0.2, 0) is 65.4 Å². The fourth-order valence-electron chi connectivity index (χ4n) is 10.1. The largest absolute Gasteiger partial charge is 0.472 e. The maximum atomic E-state index is 13.0. The number of allylic oxidation sites excluding steroid dienone is 14. The smallest absolute Gasteiger partial charge is 0.462 e. The fourth-order valence-corrected chi connectivity index (χ4v) is 11.7. The summed E-state index contributed by atoms with van der Waals surface area (Å²) in [6, 6.07) is 0. The van der Waals surface area contributed by atoms with Gasteiger partial charge in [-0.05, 0) is 89.9 Å². The Morgan fingerprint density at radius 3 is 0.906 bits per heavy atom. The molecule has 0 spiro atoms. The van der Waals surface area contributed by atoms with Gasteiger partial charge in [0.1, 0.15) is 19.3 Å². The van der Waals surface area contributed by atoms with E-state index in [4.69, 9.17) is 37.0 Å². The number of aliphatic hydroxyl groups is 1. The van der Waals surface area contributed by atoms with Gasteiger partial charge in [0.15, 0.2) is 12.2 Å². The average molecular weight is 1400 g/mol. The van der Waals surface area contributed by atoms with E-state index in [0.717, 1.165) is 122 Å². The molecule has 0 fully saturated rings. The molecule has 0 saturated carbocycles. The summed E-state index contributed by atoms with van der Waals surface area (Å²) >= 11 is 0. The molecule has 96 heavy (non-hydrogen) atoms. The zero-order valence-corrected chi connectivity index (χ0v) is 62.3. The Morgan fingerprint density at radius 2 is 0.562 bits per heavy atom. The second kappa shape index (κ2) is 69.7. The molecule has 0 saturated heterocycles. The van der Waals surface area contributed by atoms with Crippen LogP contribution in [0.1, 0.15) is 323 Å². The maximum Gasteiger partial charge on any atom is 0.472 e. The van der Waals surface area contributed by atoms with E-state index in [2.05, 4.69) is 94.5 Å². The minimum absolute atomic E-state index is 0.0389. The molecule has 0 aliphatic heterocycles. The van der Waals surface area contributed by atoms with Crippen molar-refractivity contribution in [3.05, 3.63) is 85.1 Å². The zero-order valence-electron chi connectivity index (χ0n) is 60.5. The predicted molar refractivity (Wildman–Crippen MR) is 390 cm³/mol. The molecule has 0 bridgehead atoms. The molecule has 19 heteroatoms. The van der Waals surface area contributed by atoms with Gasteiger partial charge in [0.05, 0.1) is 26.4 Å². The van der Waals surface area contributed by atoms with Gasteiger partial charge in [-0.1, -0.05) is 293 Å². The number of esters is 4. The highest BCUT2D eigenvalue weighted by atomic mass is 31.2. The summed E-state index contributed by atoms with van der Waals surface area (Å²) < 4.78 is 68.3. The van der Waals surface area contributed by atoms with Crippen LogP contribution in [-0.4, -0.2) is 96.7 Å². The van der Waals surface area contributed by atoms with Crippen LogP contribution in [0.4, 0.5) is 0 Å². The number of unbranched alkanes of at least 4 members (excludes halogenated alkanes) is 31. The summed E-state index contributed by atoms with van der Waals surface area (Å²) in [5.41, 5.74) is 0. The summed E-state index contributed by atoms with van der Waals surface area (Å²) in [5, 5.41) is 10.6. The van der Waals surface area contributed by atoms with Crippen LogP contribution in [0.5, 0.6) is 0 Å². The number of ether oxygens (including phenoxy) is 4. The predicted octanol–water partition coefficient (Wildman–Crippen LogP) is 21.4.